The summed E-state index contributed by atoms with van der Waals surface area (Å²) >= 11 is 4.70. The summed E-state index contributed by atoms with van der Waals surface area (Å²) < 4.78 is 7.70. The van der Waals surface area contributed by atoms with Crippen molar-refractivity contribution < 1.29 is 9.21 Å². The van der Waals surface area contributed by atoms with Crippen LogP contribution in [0.5, 0.6) is 0 Å². The number of aryl methyl sites for hydroxylation is 2. The molecular weight excluding hydrogens is 408 g/mol. The highest BCUT2D eigenvalue weighted by Crippen LogP contribution is 2.28. The molecule has 0 aliphatic rings. The maximum Gasteiger partial charge on any atom is 0.276 e. The fourth-order valence-corrected chi connectivity index (χ4v) is 3.71. The average molecular weight is 419 g/mol. The smallest absolute Gasteiger partial charge is 0.276 e. The Kier molecular flexibility index (Phi) is 3.85. The third kappa shape index (κ3) is 2.83. The normalized spacial score (nSPS) is 11.2. The van der Waals surface area contributed by atoms with Crippen LogP contribution in [0, 0.1) is 6.92 Å². The lowest BCUT2D eigenvalue weighted by Crippen LogP contribution is -2.14. The molecule has 0 bridgehead atoms. The molecule has 4 aromatic rings. The Morgan fingerprint density at radius 2 is 2.20 bits per heavy atom. The maximum absolute atomic E-state index is 12.5. The van der Waals surface area contributed by atoms with Gasteiger partial charge in [-0.15, -0.1) is 11.3 Å². The largest absolute Gasteiger partial charge is 0.459 e. The quantitative estimate of drug-likeness (QED) is 0.547. The highest BCUT2D eigenvalue weighted by molar-refractivity contribution is 9.10. The Morgan fingerprint density at radius 3 is 2.96 bits per heavy atom. The summed E-state index contributed by atoms with van der Waals surface area (Å²) in [5.74, 6) is 1.45. The molecule has 0 atom stereocenters. The molecule has 0 aliphatic carbocycles. The standard InChI is InChI=1S/C15H11BrN6O2S/c1-7-3-4-9(24-7)15-19-8(5-25-15)14(23)20-12-10-11(16)21-22(2)13(10)18-6-17-12/h3-6H,1-2H3,(H,17,18,20,23). The molecule has 0 radical (unpaired) electrons. The number of rotatable bonds is 3. The van der Waals surface area contributed by atoms with Crippen molar-refractivity contribution in [2.24, 2.45) is 7.05 Å². The summed E-state index contributed by atoms with van der Waals surface area (Å²) in [6.07, 6.45) is 1.38. The minimum atomic E-state index is -0.360. The van der Waals surface area contributed by atoms with Gasteiger partial charge in [-0.1, -0.05) is 0 Å². The third-order valence-corrected chi connectivity index (χ3v) is 4.91. The molecular formula is C15H11BrN6O2S. The lowest BCUT2D eigenvalue weighted by Gasteiger charge is -2.03. The summed E-state index contributed by atoms with van der Waals surface area (Å²) in [6.45, 7) is 1.86. The first-order valence-corrected chi connectivity index (χ1v) is 8.87. The van der Waals surface area contributed by atoms with E-state index in [0.29, 0.717) is 37.9 Å². The predicted octanol–water partition coefficient (Wildman–Crippen LogP) is 3.40. The second-order valence-electron chi connectivity index (χ2n) is 5.24. The van der Waals surface area contributed by atoms with E-state index < -0.39 is 0 Å². The molecule has 126 valence electrons. The van der Waals surface area contributed by atoms with Crippen LogP contribution in [0.3, 0.4) is 0 Å². The minimum Gasteiger partial charge on any atom is -0.459 e. The number of carbonyl (C=O) groups is 1. The van der Waals surface area contributed by atoms with E-state index >= 15 is 0 Å². The fourth-order valence-electron chi connectivity index (χ4n) is 2.35. The molecule has 0 unspecified atom stereocenters. The van der Waals surface area contributed by atoms with Gasteiger partial charge >= 0.3 is 0 Å². The lowest BCUT2D eigenvalue weighted by atomic mass is 10.3. The molecule has 0 aromatic carbocycles. The summed E-state index contributed by atoms with van der Waals surface area (Å²) in [7, 11) is 1.77. The molecule has 8 nitrogen and oxygen atoms in total. The average Bonchev–Trinajstić information content (AvgIpc) is 3.28. The summed E-state index contributed by atoms with van der Waals surface area (Å²) in [4.78, 5) is 25.2. The molecule has 0 fully saturated rings. The zero-order valence-corrected chi connectivity index (χ0v) is 15.6. The molecule has 25 heavy (non-hydrogen) atoms. The lowest BCUT2D eigenvalue weighted by molar-refractivity contribution is 0.102. The van der Waals surface area contributed by atoms with Crippen LogP contribution in [0.4, 0.5) is 5.82 Å². The minimum absolute atomic E-state index is 0.292. The van der Waals surface area contributed by atoms with E-state index in [1.807, 2.05) is 19.1 Å². The summed E-state index contributed by atoms with van der Waals surface area (Å²) in [6, 6.07) is 3.69. The Bertz CT molecular complexity index is 1100. The van der Waals surface area contributed by atoms with E-state index in [9.17, 15) is 4.79 Å². The fraction of sp³-hybridized carbons (Fsp3) is 0.133. The van der Waals surface area contributed by atoms with E-state index in [-0.39, 0.29) is 5.91 Å². The number of fused-ring (bicyclic) bond motifs is 1. The molecule has 1 amide bonds. The topological polar surface area (TPSA) is 98.7 Å². The molecule has 4 heterocycles. The van der Waals surface area contributed by atoms with Gasteiger partial charge in [-0.25, -0.2) is 19.6 Å². The Morgan fingerprint density at radius 1 is 1.36 bits per heavy atom. The van der Waals surface area contributed by atoms with Gasteiger partial charge in [0.05, 0.1) is 5.39 Å². The van der Waals surface area contributed by atoms with Gasteiger partial charge in [-0.05, 0) is 35.0 Å². The van der Waals surface area contributed by atoms with Crippen LogP contribution in [0.1, 0.15) is 16.2 Å². The van der Waals surface area contributed by atoms with Gasteiger partial charge in [-0.2, -0.15) is 5.10 Å². The number of amides is 1. The molecule has 0 saturated carbocycles. The van der Waals surface area contributed by atoms with Crippen molar-refractivity contribution >= 4 is 50.0 Å². The molecule has 0 aliphatic heterocycles. The van der Waals surface area contributed by atoms with Crippen LogP contribution in [0.15, 0.2) is 32.9 Å². The number of furan rings is 1. The van der Waals surface area contributed by atoms with Crippen molar-refractivity contribution in [1.82, 2.24) is 24.7 Å². The number of carbonyl (C=O) groups excluding carboxylic acids is 1. The molecule has 10 heteroatoms. The van der Waals surface area contributed by atoms with Crippen molar-refractivity contribution in [1.29, 1.82) is 0 Å². The number of halogens is 1. The van der Waals surface area contributed by atoms with Crippen molar-refractivity contribution in [3.05, 3.63) is 39.9 Å². The molecule has 4 rings (SSSR count). The SMILES string of the molecule is Cc1ccc(-c2nc(C(=O)Nc3ncnc4c3c(Br)nn4C)cs2)o1. The number of hydrogen-bond donors (Lipinski definition) is 1. The molecule has 0 saturated heterocycles. The number of nitrogens with one attached hydrogen (secondary N) is 1. The van der Waals surface area contributed by atoms with Crippen LogP contribution in [0.2, 0.25) is 0 Å². The second kappa shape index (κ2) is 6.05. The van der Waals surface area contributed by atoms with Gasteiger partial charge in [0.2, 0.25) is 0 Å². The van der Waals surface area contributed by atoms with Crippen LogP contribution in [-0.4, -0.2) is 30.6 Å². The molecule has 4 aromatic heterocycles. The van der Waals surface area contributed by atoms with E-state index in [4.69, 9.17) is 4.42 Å². The van der Waals surface area contributed by atoms with Crippen LogP contribution in [-0.2, 0) is 7.05 Å². The van der Waals surface area contributed by atoms with Crippen molar-refractivity contribution in [2.75, 3.05) is 5.32 Å². The van der Waals surface area contributed by atoms with Gasteiger partial charge in [0.1, 0.15) is 28.2 Å². The van der Waals surface area contributed by atoms with Gasteiger partial charge in [0.15, 0.2) is 16.4 Å². The summed E-state index contributed by atoms with van der Waals surface area (Å²) in [5, 5.41) is 9.96. The van der Waals surface area contributed by atoms with Gasteiger partial charge in [0.25, 0.3) is 5.91 Å². The zero-order chi connectivity index (χ0) is 17.6. The number of anilines is 1. The van der Waals surface area contributed by atoms with Crippen molar-refractivity contribution in [3.8, 4) is 10.8 Å². The van der Waals surface area contributed by atoms with Crippen LogP contribution in [0.25, 0.3) is 21.8 Å². The second-order valence-corrected chi connectivity index (χ2v) is 6.85. The number of hydrogen-bond acceptors (Lipinski definition) is 7. The summed E-state index contributed by atoms with van der Waals surface area (Å²) in [5.41, 5.74) is 0.906. The van der Waals surface area contributed by atoms with Gasteiger partial charge < -0.3 is 9.73 Å². The van der Waals surface area contributed by atoms with Gasteiger partial charge in [-0.3, -0.25) is 4.79 Å². The van der Waals surface area contributed by atoms with E-state index in [1.54, 1.807) is 17.1 Å². The monoisotopic (exact) mass is 418 g/mol. The number of nitrogens with zero attached hydrogens (tertiary/aromatic N) is 5. The first-order chi connectivity index (χ1) is 12.0. The number of thiazole rings is 1. The van der Waals surface area contributed by atoms with E-state index in [1.165, 1.54) is 17.7 Å². The highest BCUT2D eigenvalue weighted by atomic mass is 79.9. The Labute approximate surface area is 154 Å². The Hall–Kier alpha value is -2.59. The van der Waals surface area contributed by atoms with Crippen molar-refractivity contribution in [2.45, 2.75) is 6.92 Å². The third-order valence-electron chi connectivity index (χ3n) is 3.50. The number of aromatic nitrogens is 5. The predicted molar refractivity (Wildman–Crippen MR) is 96.5 cm³/mol. The molecule has 1 N–H and O–H groups in total. The van der Waals surface area contributed by atoms with E-state index in [0.717, 1.165) is 5.76 Å². The maximum atomic E-state index is 12.5. The van der Waals surface area contributed by atoms with Crippen LogP contribution >= 0.6 is 27.3 Å². The highest BCUT2D eigenvalue weighted by Gasteiger charge is 2.18. The van der Waals surface area contributed by atoms with Crippen LogP contribution < -0.4 is 5.32 Å². The van der Waals surface area contributed by atoms with E-state index in [2.05, 4.69) is 41.3 Å². The van der Waals surface area contributed by atoms with Gasteiger partial charge in [0, 0.05) is 12.4 Å². The van der Waals surface area contributed by atoms with Crippen molar-refractivity contribution in [3.63, 3.8) is 0 Å². The first-order valence-electron chi connectivity index (χ1n) is 7.20. The molecule has 0 spiro atoms. The zero-order valence-electron chi connectivity index (χ0n) is 13.1. The first kappa shape index (κ1) is 15.9. The Balaban J connectivity index is 1.64.